The number of nitrogens with one attached hydrogen (secondary N) is 1. The van der Waals surface area contributed by atoms with Crippen LogP contribution in [-0.2, 0) is 11.3 Å². The molecule has 3 aromatic rings. The Bertz CT molecular complexity index is 1010. The van der Waals surface area contributed by atoms with Gasteiger partial charge in [0.2, 0.25) is 17.6 Å². The lowest BCUT2D eigenvalue weighted by Gasteiger charge is -2.30. The SMILES string of the molecule is CC(NC(=O)C1CCN(Cc2nc(-c3ccc(Br)cc3)no2)CC1)c1ccc(F)cc1. The Morgan fingerprint density at radius 2 is 1.87 bits per heavy atom. The van der Waals surface area contributed by atoms with E-state index in [2.05, 4.69) is 36.3 Å². The van der Waals surface area contributed by atoms with Crippen LogP contribution in [0.1, 0.15) is 37.3 Å². The van der Waals surface area contributed by atoms with E-state index >= 15 is 0 Å². The van der Waals surface area contributed by atoms with Crippen LogP contribution in [0.4, 0.5) is 4.39 Å². The molecule has 1 atom stereocenters. The largest absolute Gasteiger partial charge is 0.349 e. The molecule has 6 nitrogen and oxygen atoms in total. The molecule has 1 aromatic heterocycles. The maximum atomic E-state index is 13.1. The molecule has 0 saturated carbocycles. The summed E-state index contributed by atoms with van der Waals surface area (Å²) >= 11 is 3.42. The molecule has 0 aliphatic carbocycles. The third-order valence-electron chi connectivity index (χ3n) is 5.62. The molecular formula is C23H24BrFN4O2. The normalized spacial score (nSPS) is 16.2. The average molecular weight is 487 g/mol. The number of benzene rings is 2. The summed E-state index contributed by atoms with van der Waals surface area (Å²) in [5.41, 5.74) is 1.80. The first-order chi connectivity index (χ1) is 15.0. The Hall–Kier alpha value is -2.58. The van der Waals surface area contributed by atoms with Crippen LogP contribution in [0, 0.1) is 11.7 Å². The molecule has 1 fully saturated rings. The summed E-state index contributed by atoms with van der Waals surface area (Å²) in [6, 6.07) is 13.8. The van der Waals surface area contributed by atoms with Gasteiger partial charge in [-0.15, -0.1) is 0 Å². The minimum absolute atomic E-state index is 0.0276. The van der Waals surface area contributed by atoms with Gasteiger partial charge in [0.1, 0.15) is 5.82 Å². The van der Waals surface area contributed by atoms with Crippen molar-refractivity contribution in [1.29, 1.82) is 0 Å². The molecule has 31 heavy (non-hydrogen) atoms. The summed E-state index contributed by atoms with van der Waals surface area (Å²) < 4.78 is 19.5. The molecule has 1 aliphatic heterocycles. The van der Waals surface area contributed by atoms with Crippen LogP contribution in [-0.4, -0.2) is 34.0 Å². The van der Waals surface area contributed by atoms with E-state index in [1.54, 1.807) is 12.1 Å². The number of piperidine rings is 1. The van der Waals surface area contributed by atoms with Gasteiger partial charge in [-0.05, 0) is 74.8 Å². The van der Waals surface area contributed by atoms with Gasteiger partial charge in [0.25, 0.3) is 0 Å². The lowest BCUT2D eigenvalue weighted by atomic mass is 9.95. The smallest absolute Gasteiger partial charge is 0.241 e. The quantitative estimate of drug-likeness (QED) is 0.545. The number of nitrogens with zero attached hydrogens (tertiary/aromatic N) is 3. The number of amides is 1. The first-order valence-electron chi connectivity index (χ1n) is 10.3. The van der Waals surface area contributed by atoms with Crippen molar-refractivity contribution < 1.29 is 13.7 Å². The standard InChI is InChI=1S/C23H24BrFN4O2/c1-15(16-4-8-20(25)9-5-16)26-23(30)18-10-12-29(13-11-18)14-21-27-22(28-31-21)17-2-6-19(24)7-3-17/h2-9,15,18H,10-14H2,1H3,(H,26,30). The Morgan fingerprint density at radius 1 is 1.19 bits per heavy atom. The Kier molecular flexibility index (Phi) is 6.77. The molecule has 1 N–H and O–H groups in total. The van der Waals surface area contributed by atoms with Crippen LogP contribution in [0.5, 0.6) is 0 Å². The molecule has 0 spiro atoms. The van der Waals surface area contributed by atoms with Crippen molar-refractivity contribution in [3.8, 4) is 11.4 Å². The van der Waals surface area contributed by atoms with Gasteiger partial charge in [0, 0.05) is 16.0 Å². The van der Waals surface area contributed by atoms with Gasteiger partial charge >= 0.3 is 0 Å². The van der Waals surface area contributed by atoms with Crippen molar-refractivity contribution in [3.63, 3.8) is 0 Å². The van der Waals surface area contributed by atoms with Crippen molar-refractivity contribution in [2.45, 2.75) is 32.4 Å². The Labute approximate surface area is 189 Å². The van der Waals surface area contributed by atoms with E-state index in [1.165, 1.54) is 12.1 Å². The molecule has 8 heteroatoms. The summed E-state index contributed by atoms with van der Waals surface area (Å²) in [5, 5.41) is 7.13. The fraction of sp³-hybridized carbons (Fsp3) is 0.348. The van der Waals surface area contributed by atoms with E-state index in [1.807, 2.05) is 31.2 Å². The lowest BCUT2D eigenvalue weighted by Crippen LogP contribution is -2.40. The van der Waals surface area contributed by atoms with Crippen molar-refractivity contribution >= 4 is 21.8 Å². The minimum Gasteiger partial charge on any atom is -0.349 e. The highest BCUT2D eigenvalue weighted by molar-refractivity contribution is 9.10. The first kappa shape index (κ1) is 21.6. The number of likely N-dealkylation sites (tertiary alicyclic amines) is 1. The number of aromatic nitrogens is 2. The molecule has 162 valence electrons. The van der Waals surface area contributed by atoms with E-state index in [0.717, 1.165) is 41.5 Å². The monoisotopic (exact) mass is 486 g/mol. The zero-order valence-electron chi connectivity index (χ0n) is 17.2. The number of hydrogen-bond donors (Lipinski definition) is 1. The van der Waals surface area contributed by atoms with Crippen LogP contribution >= 0.6 is 15.9 Å². The summed E-state index contributed by atoms with van der Waals surface area (Å²) in [7, 11) is 0. The molecule has 4 rings (SSSR count). The van der Waals surface area contributed by atoms with E-state index in [-0.39, 0.29) is 23.7 Å². The van der Waals surface area contributed by atoms with Gasteiger partial charge in [-0.1, -0.05) is 33.2 Å². The van der Waals surface area contributed by atoms with Crippen LogP contribution < -0.4 is 5.32 Å². The van der Waals surface area contributed by atoms with Gasteiger partial charge in [-0.3, -0.25) is 9.69 Å². The average Bonchev–Trinajstić information content (AvgIpc) is 3.23. The second kappa shape index (κ2) is 9.70. The summed E-state index contributed by atoms with van der Waals surface area (Å²) in [6.07, 6.45) is 1.55. The van der Waals surface area contributed by atoms with Crippen molar-refractivity contribution in [1.82, 2.24) is 20.4 Å². The molecule has 2 heterocycles. The fourth-order valence-corrected chi connectivity index (χ4v) is 4.01. The maximum absolute atomic E-state index is 13.1. The number of halogens is 2. The van der Waals surface area contributed by atoms with Crippen LogP contribution in [0.15, 0.2) is 57.5 Å². The molecule has 0 radical (unpaired) electrons. The Balaban J connectivity index is 1.26. The molecule has 0 bridgehead atoms. The van der Waals surface area contributed by atoms with Gasteiger partial charge in [0.05, 0.1) is 12.6 Å². The second-order valence-electron chi connectivity index (χ2n) is 7.85. The highest BCUT2D eigenvalue weighted by Gasteiger charge is 2.27. The number of rotatable bonds is 6. The number of hydrogen-bond acceptors (Lipinski definition) is 5. The zero-order valence-corrected chi connectivity index (χ0v) is 18.8. The summed E-state index contributed by atoms with van der Waals surface area (Å²) in [4.78, 5) is 19.4. The Morgan fingerprint density at radius 3 is 2.55 bits per heavy atom. The highest BCUT2D eigenvalue weighted by Crippen LogP contribution is 2.23. The predicted octanol–water partition coefficient (Wildman–Crippen LogP) is 4.73. The van der Waals surface area contributed by atoms with Gasteiger partial charge in [0.15, 0.2) is 0 Å². The van der Waals surface area contributed by atoms with E-state index in [9.17, 15) is 9.18 Å². The number of carbonyl (C=O) groups is 1. The number of carbonyl (C=O) groups excluding carboxylic acids is 1. The van der Waals surface area contributed by atoms with Crippen molar-refractivity contribution in [3.05, 3.63) is 70.3 Å². The summed E-state index contributed by atoms with van der Waals surface area (Å²) in [6.45, 7) is 4.07. The summed E-state index contributed by atoms with van der Waals surface area (Å²) in [5.74, 6) is 0.893. The predicted molar refractivity (Wildman–Crippen MR) is 118 cm³/mol. The van der Waals surface area contributed by atoms with Crippen LogP contribution in [0.3, 0.4) is 0 Å². The van der Waals surface area contributed by atoms with Gasteiger partial charge in [-0.25, -0.2) is 4.39 Å². The van der Waals surface area contributed by atoms with E-state index in [0.29, 0.717) is 18.3 Å². The van der Waals surface area contributed by atoms with Crippen LogP contribution in [0.25, 0.3) is 11.4 Å². The zero-order chi connectivity index (χ0) is 21.8. The fourth-order valence-electron chi connectivity index (χ4n) is 3.75. The molecule has 1 saturated heterocycles. The van der Waals surface area contributed by atoms with Crippen LogP contribution in [0.2, 0.25) is 0 Å². The van der Waals surface area contributed by atoms with Crippen molar-refractivity contribution in [2.24, 2.45) is 5.92 Å². The minimum atomic E-state index is -0.278. The third kappa shape index (κ3) is 5.57. The van der Waals surface area contributed by atoms with E-state index in [4.69, 9.17) is 4.52 Å². The highest BCUT2D eigenvalue weighted by atomic mass is 79.9. The molecule has 1 aliphatic rings. The molecule has 1 unspecified atom stereocenters. The van der Waals surface area contributed by atoms with Gasteiger partial charge in [-0.2, -0.15) is 4.98 Å². The van der Waals surface area contributed by atoms with Crippen molar-refractivity contribution in [2.75, 3.05) is 13.1 Å². The molecule has 2 aromatic carbocycles. The molecular weight excluding hydrogens is 463 g/mol. The first-order valence-corrected chi connectivity index (χ1v) is 11.1. The van der Waals surface area contributed by atoms with Gasteiger partial charge < -0.3 is 9.84 Å². The lowest BCUT2D eigenvalue weighted by molar-refractivity contribution is -0.127. The maximum Gasteiger partial charge on any atom is 0.241 e. The topological polar surface area (TPSA) is 71.3 Å². The van der Waals surface area contributed by atoms with E-state index < -0.39 is 0 Å². The third-order valence-corrected chi connectivity index (χ3v) is 6.15. The second-order valence-corrected chi connectivity index (χ2v) is 8.77. The molecule has 1 amide bonds.